The maximum Gasteiger partial charge on any atom is 0.249 e. The van der Waals surface area contributed by atoms with Gasteiger partial charge in [0.25, 0.3) is 0 Å². The highest BCUT2D eigenvalue weighted by Gasteiger charge is 2.35. The number of nitrogens with one attached hydrogen (secondary N) is 1. The fraction of sp³-hybridized carbons (Fsp3) is 0.375. The molecule has 1 saturated heterocycles. The summed E-state index contributed by atoms with van der Waals surface area (Å²) < 4.78 is 5.25. The molecule has 1 fully saturated rings. The Morgan fingerprint density at radius 3 is 3.00 bits per heavy atom. The third-order valence-electron chi connectivity index (χ3n) is 3.50. The van der Waals surface area contributed by atoms with Gasteiger partial charge in [0.05, 0.1) is 17.3 Å². The Labute approximate surface area is 134 Å². The van der Waals surface area contributed by atoms with Crippen molar-refractivity contribution < 1.29 is 14.3 Å². The Bertz CT molecular complexity index is 576. The standard InChI is InChI=1S/C16H19ClN2O3/c1-3-10-22-11(2)15(20)18-13-8-9-19(16(13)21)14-7-5-4-6-12(14)17/h3-7,11,13H,1,8-10H2,2H3,(H,18,20)/t11-,13+/m0/s1. The summed E-state index contributed by atoms with van der Waals surface area (Å²) in [5.74, 6) is -0.460. The topological polar surface area (TPSA) is 58.6 Å². The lowest BCUT2D eigenvalue weighted by Crippen LogP contribution is -2.45. The van der Waals surface area contributed by atoms with Crippen LogP contribution in [0.3, 0.4) is 0 Å². The molecule has 0 saturated carbocycles. The van der Waals surface area contributed by atoms with E-state index in [1.54, 1.807) is 30.0 Å². The molecular weight excluding hydrogens is 304 g/mol. The first-order valence-corrected chi connectivity index (χ1v) is 7.51. The van der Waals surface area contributed by atoms with Gasteiger partial charge in [0.15, 0.2) is 0 Å². The molecule has 1 heterocycles. The molecule has 1 aromatic rings. The normalized spacial score (nSPS) is 19.1. The van der Waals surface area contributed by atoms with Gasteiger partial charge in [0.2, 0.25) is 11.8 Å². The maximum absolute atomic E-state index is 12.4. The summed E-state index contributed by atoms with van der Waals surface area (Å²) in [5, 5.41) is 3.24. The fourth-order valence-corrected chi connectivity index (χ4v) is 2.54. The van der Waals surface area contributed by atoms with Gasteiger partial charge in [-0.3, -0.25) is 9.59 Å². The largest absolute Gasteiger partial charge is 0.365 e. The van der Waals surface area contributed by atoms with Gasteiger partial charge < -0.3 is 15.0 Å². The number of hydrogen-bond donors (Lipinski definition) is 1. The molecule has 22 heavy (non-hydrogen) atoms. The van der Waals surface area contributed by atoms with E-state index in [0.29, 0.717) is 30.3 Å². The third kappa shape index (κ3) is 3.67. The van der Waals surface area contributed by atoms with Crippen molar-refractivity contribution >= 4 is 29.1 Å². The van der Waals surface area contributed by atoms with Crippen molar-refractivity contribution in [3.63, 3.8) is 0 Å². The summed E-state index contributed by atoms with van der Waals surface area (Å²) in [5.41, 5.74) is 0.668. The van der Waals surface area contributed by atoms with Crippen molar-refractivity contribution in [1.29, 1.82) is 0 Å². The van der Waals surface area contributed by atoms with Crippen molar-refractivity contribution in [2.75, 3.05) is 18.1 Å². The molecule has 5 nitrogen and oxygen atoms in total. The van der Waals surface area contributed by atoms with E-state index in [2.05, 4.69) is 11.9 Å². The van der Waals surface area contributed by atoms with Gasteiger partial charge >= 0.3 is 0 Å². The zero-order valence-corrected chi connectivity index (χ0v) is 13.2. The summed E-state index contributed by atoms with van der Waals surface area (Å²) in [6.45, 7) is 5.99. The molecule has 1 aliphatic rings. The van der Waals surface area contributed by atoms with E-state index in [-0.39, 0.29) is 11.8 Å². The first kappa shape index (κ1) is 16.5. The molecule has 0 spiro atoms. The lowest BCUT2D eigenvalue weighted by atomic mass is 10.2. The number of ether oxygens (including phenoxy) is 1. The molecule has 1 aromatic carbocycles. The van der Waals surface area contributed by atoms with E-state index in [1.165, 1.54) is 0 Å². The number of carbonyl (C=O) groups excluding carboxylic acids is 2. The van der Waals surface area contributed by atoms with Crippen LogP contribution < -0.4 is 10.2 Å². The van der Waals surface area contributed by atoms with Crippen molar-refractivity contribution in [3.8, 4) is 0 Å². The number of anilines is 1. The van der Waals surface area contributed by atoms with Crippen LogP contribution in [0.2, 0.25) is 5.02 Å². The van der Waals surface area contributed by atoms with E-state index < -0.39 is 12.1 Å². The molecule has 0 aromatic heterocycles. The summed E-state index contributed by atoms with van der Waals surface area (Å²) in [4.78, 5) is 26.0. The Balaban J connectivity index is 1.98. The summed E-state index contributed by atoms with van der Waals surface area (Å²) in [6.07, 6.45) is 1.49. The number of para-hydroxylation sites is 1. The minimum Gasteiger partial charge on any atom is -0.365 e. The summed E-state index contributed by atoms with van der Waals surface area (Å²) >= 11 is 6.12. The molecule has 0 aliphatic carbocycles. The molecule has 0 radical (unpaired) electrons. The molecule has 2 rings (SSSR count). The van der Waals surface area contributed by atoms with Crippen LogP contribution >= 0.6 is 11.6 Å². The Morgan fingerprint density at radius 2 is 2.32 bits per heavy atom. The second kappa shape index (κ2) is 7.42. The third-order valence-corrected chi connectivity index (χ3v) is 3.82. The minimum absolute atomic E-state index is 0.155. The number of benzene rings is 1. The van der Waals surface area contributed by atoms with E-state index in [9.17, 15) is 9.59 Å². The molecule has 2 amide bonds. The summed E-state index contributed by atoms with van der Waals surface area (Å²) in [6, 6.07) is 6.62. The van der Waals surface area contributed by atoms with Crippen LogP contribution in [-0.2, 0) is 14.3 Å². The number of amides is 2. The SMILES string of the molecule is C=CCO[C@@H](C)C(=O)N[C@@H]1CCN(c2ccccc2Cl)C1=O. The molecule has 6 heteroatoms. The number of carbonyl (C=O) groups is 2. The molecule has 1 N–H and O–H groups in total. The first-order valence-electron chi connectivity index (χ1n) is 7.13. The molecule has 0 unspecified atom stereocenters. The van der Waals surface area contributed by atoms with Crippen LogP contribution in [0, 0.1) is 0 Å². The van der Waals surface area contributed by atoms with Gasteiger partial charge in [-0.25, -0.2) is 0 Å². The van der Waals surface area contributed by atoms with Gasteiger partial charge in [-0.05, 0) is 25.5 Å². The number of halogens is 1. The van der Waals surface area contributed by atoms with Crippen LogP contribution in [0.5, 0.6) is 0 Å². The number of nitrogens with zero attached hydrogens (tertiary/aromatic N) is 1. The van der Waals surface area contributed by atoms with Crippen molar-refractivity contribution in [3.05, 3.63) is 41.9 Å². The van der Waals surface area contributed by atoms with Crippen molar-refractivity contribution in [1.82, 2.24) is 5.32 Å². The van der Waals surface area contributed by atoms with Gasteiger partial charge in [-0.2, -0.15) is 0 Å². The quantitative estimate of drug-likeness (QED) is 0.816. The van der Waals surface area contributed by atoms with Crippen LogP contribution in [0.15, 0.2) is 36.9 Å². The smallest absolute Gasteiger partial charge is 0.249 e. The van der Waals surface area contributed by atoms with E-state index in [0.717, 1.165) is 0 Å². The maximum atomic E-state index is 12.4. The van der Waals surface area contributed by atoms with Crippen LogP contribution in [-0.4, -0.2) is 37.1 Å². The minimum atomic E-state index is -0.625. The molecule has 0 bridgehead atoms. The second-order valence-corrected chi connectivity index (χ2v) is 5.46. The molecular formula is C16H19ClN2O3. The highest BCUT2D eigenvalue weighted by Crippen LogP contribution is 2.28. The average molecular weight is 323 g/mol. The molecule has 2 atom stereocenters. The predicted octanol–water partition coefficient (Wildman–Crippen LogP) is 2.15. The average Bonchev–Trinajstić information content (AvgIpc) is 2.86. The lowest BCUT2D eigenvalue weighted by molar-refractivity contribution is -0.134. The van der Waals surface area contributed by atoms with E-state index >= 15 is 0 Å². The van der Waals surface area contributed by atoms with Crippen LogP contribution in [0.1, 0.15) is 13.3 Å². The summed E-state index contributed by atoms with van der Waals surface area (Å²) in [7, 11) is 0. The van der Waals surface area contributed by atoms with Gasteiger partial charge in [0, 0.05) is 6.54 Å². The fourth-order valence-electron chi connectivity index (χ4n) is 2.30. The molecule has 1 aliphatic heterocycles. The predicted molar refractivity (Wildman–Crippen MR) is 86.0 cm³/mol. The number of hydrogen-bond acceptors (Lipinski definition) is 3. The van der Waals surface area contributed by atoms with Gasteiger partial charge in [0.1, 0.15) is 12.1 Å². The second-order valence-electron chi connectivity index (χ2n) is 5.06. The van der Waals surface area contributed by atoms with Crippen LogP contribution in [0.25, 0.3) is 0 Å². The first-order chi connectivity index (χ1) is 10.5. The monoisotopic (exact) mass is 322 g/mol. The highest BCUT2D eigenvalue weighted by molar-refractivity contribution is 6.34. The van der Waals surface area contributed by atoms with Crippen molar-refractivity contribution in [2.24, 2.45) is 0 Å². The number of rotatable bonds is 6. The Morgan fingerprint density at radius 1 is 1.59 bits per heavy atom. The van der Waals surface area contributed by atoms with Gasteiger partial charge in [-0.15, -0.1) is 6.58 Å². The Hall–Kier alpha value is -1.85. The zero-order valence-electron chi connectivity index (χ0n) is 12.4. The van der Waals surface area contributed by atoms with Crippen molar-refractivity contribution in [2.45, 2.75) is 25.5 Å². The van der Waals surface area contributed by atoms with Gasteiger partial charge in [-0.1, -0.05) is 29.8 Å². The van der Waals surface area contributed by atoms with E-state index in [1.807, 2.05) is 12.1 Å². The Kier molecular flexibility index (Phi) is 5.57. The molecule has 118 valence electrons. The zero-order chi connectivity index (χ0) is 16.1. The highest BCUT2D eigenvalue weighted by atomic mass is 35.5. The lowest BCUT2D eigenvalue weighted by Gasteiger charge is -2.19. The van der Waals surface area contributed by atoms with Crippen LogP contribution in [0.4, 0.5) is 5.69 Å². The van der Waals surface area contributed by atoms with E-state index in [4.69, 9.17) is 16.3 Å².